The van der Waals surface area contributed by atoms with Crippen LogP contribution in [0.15, 0.2) is 0 Å². The number of nitrogens with one attached hydrogen (secondary N) is 1. The molecule has 0 spiro atoms. The van der Waals surface area contributed by atoms with Crippen LogP contribution in [0.2, 0.25) is 0 Å². The van der Waals surface area contributed by atoms with Crippen LogP contribution < -0.4 is 5.32 Å². The summed E-state index contributed by atoms with van der Waals surface area (Å²) in [6.45, 7) is 4.24. The van der Waals surface area contributed by atoms with Crippen LogP contribution in [0.5, 0.6) is 0 Å². The fraction of sp³-hybridized carbons (Fsp3) is 0.769. The number of rotatable bonds is 4. The van der Waals surface area contributed by atoms with Gasteiger partial charge in [0.15, 0.2) is 0 Å². The molecule has 1 aromatic rings. The molecule has 0 bridgehead atoms. The van der Waals surface area contributed by atoms with Crippen LogP contribution in [-0.2, 0) is 0 Å². The van der Waals surface area contributed by atoms with Crippen LogP contribution in [-0.4, -0.2) is 12.0 Å². The molecule has 0 radical (unpaired) electrons. The molecule has 16 heavy (non-hydrogen) atoms. The number of thiazole rings is 1. The van der Waals surface area contributed by atoms with Gasteiger partial charge >= 0.3 is 0 Å². The Bertz CT molecular complexity index is 340. The van der Waals surface area contributed by atoms with Crippen LogP contribution in [0.3, 0.4) is 0 Å². The standard InChI is InChI=1S/C13H22N2S/c1-9-13(16-10(2)15-9)12(14-3)8-11-6-4-5-7-11/h11-12,14H,4-8H2,1-3H3. The van der Waals surface area contributed by atoms with Gasteiger partial charge in [-0.1, -0.05) is 25.7 Å². The summed E-state index contributed by atoms with van der Waals surface area (Å²) in [6.07, 6.45) is 7.01. The molecule has 0 amide bonds. The topological polar surface area (TPSA) is 24.9 Å². The zero-order valence-electron chi connectivity index (χ0n) is 10.5. The molecule has 0 aromatic carbocycles. The Morgan fingerprint density at radius 1 is 1.38 bits per heavy atom. The van der Waals surface area contributed by atoms with Crippen molar-refractivity contribution in [2.75, 3.05) is 7.05 Å². The predicted molar refractivity (Wildman–Crippen MR) is 70.0 cm³/mol. The van der Waals surface area contributed by atoms with Crippen molar-refractivity contribution < 1.29 is 0 Å². The quantitative estimate of drug-likeness (QED) is 0.867. The van der Waals surface area contributed by atoms with E-state index in [-0.39, 0.29) is 0 Å². The van der Waals surface area contributed by atoms with Crippen molar-refractivity contribution >= 4 is 11.3 Å². The first-order valence-corrected chi connectivity index (χ1v) is 7.13. The fourth-order valence-electron chi connectivity index (χ4n) is 2.81. The Hall–Kier alpha value is -0.410. The molecule has 2 nitrogen and oxygen atoms in total. The van der Waals surface area contributed by atoms with E-state index in [0.717, 1.165) is 5.92 Å². The minimum atomic E-state index is 0.522. The van der Waals surface area contributed by atoms with Gasteiger partial charge in [-0.25, -0.2) is 4.98 Å². The summed E-state index contributed by atoms with van der Waals surface area (Å²) < 4.78 is 0. The first-order valence-electron chi connectivity index (χ1n) is 6.32. The largest absolute Gasteiger partial charge is 0.312 e. The van der Waals surface area contributed by atoms with Crippen LogP contribution in [0.4, 0.5) is 0 Å². The van der Waals surface area contributed by atoms with Crippen molar-refractivity contribution in [3.05, 3.63) is 15.6 Å². The Morgan fingerprint density at radius 3 is 2.56 bits per heavy atom. The van der Waals surface area contributed by atoms with Gasteiger partial charge in [-0.05, 0) is 33.2 Å². The third-order valence-electron chi connectivity index (χ3n) is 3.65. The summed E-state index contributed by atoms with van der Waals surface area (Å²) in [5.74, 6) is 0.930. The molecule has 1 aromatic heterocycles. The lowest BCUT2D eigenvalue weighted by molar-refractivity contribution is 0.416. The molecule has 1 unspecified atom stereocenters. The molecule has 0 saturated heterocycles. The van der Waals surface area contributed by atoms with Crippen LogP contribution in [0, 0.1) is 19.8 Å². The first kappa shape index (κ1) is 12.1. The van der Waals surface area contributed by atoms with Crippen LogP contribution in [0.1, 0.15) is 53.7 Å². The van der Waals surface area contributed by atoms with E-state index in [4.69, 9.17) is 0 Å². The van der Waals surface area contributed by atoms with Gasteiger partial charge in [0.25, 0.3) is 0 Å². The number of aryl methyl sites for hydroxylation is 2. The molecule has 1 aliphatic carbocycles. The summed E-state index contributed by atoms with van der Waals surface area (Å²) in [5.41, 5.74) is 1.22. The average Bonchev–Trinajstić information content (AvgIpc) is 2.85. The normalized spacial score (nSPS) is 19.2. The number of hydrogen-bond donors (Lipinski definition) is 1. The summed E-state index contributed by atoms with van der Waals surface area (Å²) in [5, 5.41) is 4.66. The molecule has 1 heterocycles. The van der Waals surface area contributed by atoms with Crippen molar-refractivity contribution in [3.63, 3.8) is 0 Å². The lowest BCUT2D eigenvalue weighted by Gasteiger charge is -2.19. The zero-order chi connectivity index (χ0) is 11.5. The molecule has 2 rings (SSSR count). The first-order chi connectivity index (χ1) is 7.70. The molecule has 1 N–H and O–H groups in total. The Morgan fingerprint density at radius 2 is 2.06 bits per heavy atom. The third kappa shape index (κ3) is 2.64. The number of nitrogens with zero attached hydrogens (tertiary/aromatic N) is 1. The van der Waals surface area contributed by atoms with E-state index in [1.54, 1.807) is 0 Å². The second-order valence-electron chi connectivity index (χ2n) is 4.91. The summed E-state index contributed by atoms with van der Waals surface area (Å²) in [6, 6.07) is 0.522. The molecular weight excluding hydrogens is 216 g/mol. The highest BCUT2D eigenvalue weighted by molar-refractivity contribution is 7.11. The average molecular weight is 238 g/mol. The van der Waals surface area contributed by atoms with Gasteiger partial charge in [0.05, 0.1) is 10.7 Å². The highest BCUT2D eigenvalue weighted by atomic mass is 32.1. The number of aromatic nitrogens is 1. The SMILES string of the molecule is CNC(CC1CCCC1)c1sc(C)nc1C. The van der Waals surface area contributed by atoms with Gasteiger partial charge in [0.1, 0.15) is 0 Å². The van der Waals surface area contributed by atoms with Crippen LogP contribution >= 0.6 is 11.3 Å². The van der Waals surface area contributed by atoms with E-state index < -0.39 is 0 Å². The van der Waals surface area contributed by atoms with Crippen molar-refractivity contribution in [2.45, 2.75) is 52.0 Å². The summed E-state index contributed by atoms with van der Waals surface area (Å²) in [7, 11) is 2.08. The van der Waals surface area contributed by atoms with Gasteiger partial charge in [-0.15, -0.1) is 11.3 Å². The molecule has 3 heteroatoms. The van der Waals surface area contributed by atoms with Gasteiger partial charge in [0, 0.05) is 10.9 Å². The lowest BCUT2D eigenvalue weighted by atomic mass is 9.97. The van der Waals surface area contributed by atoms with Crippen LogP contribution in [0.25, 0.3) is 0 Å². The summed E-state index contributed by atoms with van der Waals surface area (Å²) >= 11 is 1.86. The van der Waals surface area contributed by atoms with Crippen molar-refractivity contribution in [1.29, 1.82) is 0 Å². The number of hydrogen-bond acceptors (Lipinski definition) is 3. The van der Waals surface area contributed by atoms with Gasteiger partial charge in [-0.2, -0.15) is 0 Å². The maximum atomic E-state index is 4.53. The molecule has 90 valence electrons. The van der Waals surface area contributed by atoms with E-state index >= 15 is 0 Å². The molecule has 1 fully saturated rings. The lowest BCUT2D eigenvalue weighted by Crippen LogP contribution is -2.18. The van der Waals surface area contributed by atoms with E-state index in [0.29, 0.717) is 6.04 Å². The van der Waals surface area contributed by atoms with E-state index in [1.807, 2.05) is 11.3 Å². The van der Waals surface area contributed by atoms with Crippen molar-refractivity contribution in [3.8, 4) is 0 Å². The van der Waals surface area contributed by atoms with Crippen molar-refractivity contribution in [2.24, 2.45) is 5.92 Å². The molecule has 1 atom stereocenters. The minimum absolute atomic E-state index is 0.522. The third-order valence-corrected chi connectivity index (χ3v) is 4.83. The van der Waals surface area contributed by atoms with Gasteiger partial charge in [-0.3, -0.25) is 0 Å². The second-order valence-corrected chi connectivity index (χ2v) is 6.14. The van der Waals surface area contributed by atoms with E-state index in [1.165, 1.54) is 47.7 Å². The highest BCUT2D eigenvalue weighted by Gasteiger charge is 2.22. The highest BCUT2D eigenvalue weighted by Crippen LogP contribution is 2.35. The maximum Gasteiger partial charge on any atom is 0.0900 e. The Balaban J connectivity index is 2.06. The predicted octanol–water partition coefficient (Wildman–Crippen LogP) is 3.60. The fourth-order valence-corrected chi connectivity index (χ4v) is 3.86. The zero-order valence-corrected chi connectivity index (χ0v) is 11.4. The summed E-state index contributed by atoms with van der Waals surface area (Å²) in [4.78, 5) is 5.98. The molecule has 0 aliphatic heterocycles. The second kappa shape index (κ2) is 5.28. The maximum absolute atomic E-state index is 4.53. The smallest absolute Gasteiger partial charge is 0.0900 e. The Labute approximate surface area is 102 Å². The van der Waals surface area contributed by atoms with Gasteiger partial charge in [0.2, 0.25) is 0 Å². The monoisotopic (exact) mass is 238 g/mol. The minimum Gasteiger partial charge on any atom is -0.312 e. The van der Waals surface area contributed by atoms with E-state index in [2.05, 4.69) is 31.2 Å². The Kier molecular flexibility index (Phi) is 3.98. The van der Waals surface area contributed by atoms with E-state index in [9.17, 15) is 0 Å². The molecular formula is C13H22N2S. The molecule has 1 aliphatic rings. The van der Waals surface area contributed by atoms with Gasteiger partial charge < -0.3 is 5.32 Å². The molecule has 1 saturated carbocycles. The van der Waals surface area contributed by atoms with Crippen molar-refractivity contribution in [1.82, 2.24) is 10.3 Å².